The van der Waals surface area contributed by atoms with Gasteiger partial charge in [-0.05, 0) is 74.6 Å². The minimum atomic E-state index is -5.08. The molecule has 11 heteroatoms. The molecule has 0 bridgehead atoms. The van der Waals surface area contributed by atoms with Crippen LogP contribution in [0.15, 0.2) is 48.5 Å². The number of halogens is 3. The molecule has 2 aliphatic rings. The number of nitrogens with zero attached hydrogens (tertiary/aromatic N) is 5. The van der Waals surface area contributed by atoms with Crippen molar-refractivity contribution in [3.05, 3.63) is 70.9 Å². The largest absolute Gasteiger partial charge is 0.490 e. The van der Waals surface area contributed by atoms with E-state index in [0.717, 1.165) is 49.6 Å². The van der Waals surface area contributed by atoms with Crippen molar-refractivity contribution < 1.29 is 23.1 Å². The molecule has 0 spiro atoms. The molecule has 0 saturated heterocycles. The number of carboxylic acids is 1. The van der Waals surface area contributed by atoms with Crippen molar-refractivity contribution in [3.8, 4) is 17.3 Å². The Morgan fingerprint density at radius 1 is 1.20 bits per heavy atom. The van der Waals surface area contributed by atoms with Gasteiger partial charge in [0.15, 0.2) is 0 Å². The van der Waals surface area contributed by atoms with Crippen LogP contribution in [0, 0.1) is 18.3 Å². The maximum Gasteiger partial charge on any atom is 0.490 e. The van der Waals surface area contributed by atoms with E-state index in [1.54, 1.807) is 0 Å². The molecule has 8 nitrogen and oxygen atoms in total. The van der Waals surface area contributed by atoms with Gasteiger partial charge in [-0.1, -0.05) is 29.5 Å². The van der Waals surface area contributed by atoms with Gasteiger partial charge >= 0.3 is 12.1 Å². The number of hydrogen-bond acceptors (Lipinski definition) is 6. The summed E-state index contributed by atoms with van der Waals surface area (Å²) >= 11 is 0. The second-order valence-electron chi connectivity index (χ2n) is 10.1. The van der Waals surface area contributed by atoms with E-state index < -0.39 is 12.1 Å². The summed E-state index contributed by atoms with van der Waals surface area (Å²) in [5.41, 5.74) is 8.88. The first-order chi connectivity index (χ1) is 19.0. The summed E-state index contributed by atoms with van der Waals surface area (Å²) in [7, 11) is 0. The standard InChI is InChI=1S/C27H30N6.C2HF3O2/c1-18(2)32-12-9-21(10-13-32)22-7-8-24-25(16-22)26(11-14-33-27(24)19(3)30-31-33)29-23-6-4-5-20(15-23)17-28;3-2(4,5)1(6)7/h4-9,15-16,18,26,29H,10-14H2,1-3H3;(H,6,7). The van der Waals surface area contributed by atoms with Crippen LogP contribution in [0.3, 0.4) is 0 Å². The van der Waals surface area contributed by atoms with Gasteiger partial charge in [-0.3, -0.25) is 4.90 Å². The van der Waals surface area contributed by atoms with Gasteiger partial charge in [0.2, 0.25) is 0 Å². The maximum absolute atomic E-state index is 10.6. The molecular formula is C29H31F3N6O2. The van der Waals surface area contributed by atoms with Crippen LogP contribution in [0.1, 0.15) is 55.1 Å². The Labute approximate surface area is 230 Å². The Kier molecular flexibility index (Phi) is 8.59. The van der Waals surface area contributed by atoms with Crippen LogP contribution in [0.4, 0.5) is 18.9 Å². The number of carbonyl (C=O) groups is 1. The van der Waals surface area contributed by atoms with Crippen LogP contribution in [0.25, 0.3) is 16.8 Å². The van der Waals surface area contributed by atoms with Crippen LogP contribution in [0.5, 0.6) is 0 Å². The molecule has 0 fully saturated rings. The highest BCUT2D eigenvalue weighted by atomic mass is 19.4. The summed E-state index contributed by atoms with van der Waals surface area (Å²) in [4.78, 5) is 11.4. The number of anilines is 1. The molecule has 2 aromatic carbocycles. The van der Waals surface area contributed by atoms with Crippen molar-refractivity contribution in [2.45, 2.75) is 58.4 Å². The molecular weight excluding hydrogens is 521 g/mol. The van der Waals surface area contributed by atoms with Crippen molar-refractivity contribution in [2.24, 2.45) is 0 Å². The fourth-order valence-electron chi connectivity index (χ4n) is 5.01. The zero-order valence-electron chi connectivity index (χ0n) is 22.5. The molecule has 0 saturated carbocycles. The highest BCUT2D eigenvalue weighted by Gasteiger charge is 2.38. The van der Waals surface area contributed by atoms with Gasteiger partial charge < -0.3 is 10.4 Å². The van der Waals surface area contributed by atoms with Crippen molar-refractivity contribution in [3.63, 3.8) is 0 Å². The number of nitrogens with one attached hydrogen (secondary N) is 1. The average molecular weight is 553 g/mol. The number of rotatable bonds is 4. The number of aliphatic carboxylic acids is 1. The number of hydrogen-bond donors (Lipinski definition) is 2. The molecule has 40 heavy (non-hydrogen) atoms. The van der Waals surface area contributed by atoms with Crippen LogP contribution < -0.4 is 5.32 Å². The van der Waals surface area contributed by atoms with E-state index in [2.05, 4.69) is 64.7 Å². The molecule has 1 aromatic heterocycles. The molecule has 0 aliphatic carbocycles. The Hall–Kier alpha value is -4.17. The van der Waals surface area contributed by atoms with Crippen molar-refractivity contribution in [1.82, 2.24) is 19.9 Å². The van der Waals surface area contributed by atoms with Gasteiger partial charge in [0.05, 0.1) is 29.1 Å². The molecule has 1 atom stereocenters. The van der Waals surface area contributed by atoms with Gasteiger partial charge in [0.25, 0.3) is 0 Å². The van der Waals surface area contributed by atoms with Gasteiger partial charge in [-0.15, -0.1) is 5.10 Å². The number of carboxylic acid groups (broad SMARTS) is 1. The average Bonchev–Trinajstić information content (AvgIpc) is 3.22. The first-order valence-electron chi connectivity index (χ1n) is 13.0. The Bertz CT molecular complexity index is 1450. The molecule has 1 unspecified atom stereocenters. The van der Waals surface area contributed by atoms with Crippen molar-refractivity contribution in [1.29, 1.82) is 5.26 Å². The fourth-order valence-corrected chi connectivity index (χ4v) is 5.01. The zero-order valence-corrected chi connectivity index (χ0v) is 22.5. The third-order valence-corrected chi connectivity index (χ3v) is 7.13. The van der Waals surface area contributed by atoms with Gasteiger partial charge in [0.1, 0.15) is 0 Å². The first-order valence-corrected chi connectivity index (χ1v) is 13.0. The van der Waals surface area contributed by atoms with E-state index in [0.29, 0.717) is 11.6 Å². The minimum Gasteiger partial charge on any atom is -0.475 e. The lowest BCUT2D eigenvalue weighted by molar-refractivity contribution is -0.192. The number of aromatic nitrogens is 3. The number of aryl methyl sites for hydroxylation is 2. The van der Waals surface area contributed by atoms with E-state index in [9.17, 15) is 18.4 Å². The van der Waals surface area contributed by atoms with Crippen LogP contribution in [-0.2, 0) is 11.3 Å². The fraction of sp³-hybridized carbons (Fsp3) is 0.379. The van der Waals surface area contributed by atoms with Gasteiger partial charge in [0, 0.05) is 36.9 Å². The lowest BCUT2D eigenvalue weighted by atomic mass is 9.90. The van der Waals surface area contributed by atoms with Crippen LogP contribution in [-0.4, -0.2) is 56.3 Å². The highest BCUT2D eigenvalue weighted by molar-refractivity contribution is 5.75. The lowest BCUT2D eigenvalue weighted by Crippen LogP contribution is -2.34. The molecule has 0 amide bonds. The monoisotopic (exact) mass is 552 g/mol. The van der Waals surface area contributed by atoms with E-state index in [1.165, 1.54) is 22.3 Å². The quantitative estimate of drug-likeness (QED) is 0.420. The highest BCUT2D eigenvalue weighted by Crippen LogP contribution is 2.39. The van der Waals surface area contributed by atoms with Crippen molar-refractivity contribution in [2.75, 3.05) is 18.4 Å². The van der Waals surface area contributed by atoms with Crippen molar-refractivity contribution >= 4 is 17.2 Å². The Balaban J connectivity index is 0.000000470. The molecule has 2 aliphatic heterocycles. The smallest absolute Gasteiger partial charge is 0.475 e. The topological polar surface area (TPSA) is 107 Å². The van der Waals surface area contributed by atoms with E-state index in [-0.39, 0.29) is 6.04 Å². The Morgan fingerprint density at radius 2 is 1.95 bits per heavy atom. The second kappa shape index (κ2) is 11.9. The molecule has 210 valence electrons. The van der Waals surface area contributed by atoms with Gasteiger partial charge in [-0.2, -0.15) is 18.4 Å². The SMILES string of the molecule is Cc1nnn2c1-c1ccc(C3=CCN(C(C)C)CC3)cc1C(Nc1cccc(C#N)c1)CC2.O=C(O)C(F)(F)F. The normalized spacial score (nSPS) is 16.9. The third-order valence-electron chi connectivity index (χ3n) is 7.13. The minimum absolute atomic E-state index is 0.117. The van der Waals surface area contributed by atoms with E-state index in [4.69, 9.17) is 9.90 Å². The van der Waals surface area contributed by atoms with E-state index in [1.807, 2.05) is 35.9 Å². The summed E-state index contributed by atoms with van der Waals surface area (Å²) in [6.07, 6.45) is -0.737. The predicted octanol–water partition coefficient (Wildman–Crippen LogP) is 5.81. The number of nitriles is 1. The molecule has 0 radical (unpaired) electrons. The zero-order chi connectivity index (χ0) is 29.0. The maximum atomic E-state index is 10.6. The van der Waals surface area contributed by atoms with Crippen LogP contribution in [0.2, 0.25) is 0 Å². The first kappa shape index (κ1) is 28.8. The number of fused-ring (bicyclic) bond motifs is 3. The molecule has 5 rings (SSSR count). The van der Waals surface area contributed by atoms with E-state index >= 15 is 0 Å². The van der Waals surface area contributed by atoms with Crippen LogP contribution >= 0.6 is 0 Å². The number of benzene rings is 2. The second-order valence-corrected chi connectivity index (χ2v) is 10.1. The lowest BCUT2D eigenvalue weighted by Gasteiger charge is -2.30. The Morgan fingerprint density at radius 3 is 2.58 bits per heavy atom. The summed E-state index contributed by atoms with van der Waals surface area (Å²) in [5, 5.41) is 28.9. The third kappa shape index (κ3) is 6.51. The predicted molar refractivity (Wildman–Crippen MR) is 145 cm³/mol. The summed E-state index contributed by atoms with van der Waals surface area (Å²) in [5.74, 6) is -2.76. The summed E-state index contributed by atoms with van der Waals surface area (Å²) in [6, 6.07) is 17.5. The molecule has 2 N–H and O–H groups in total. The summed E-state index contributed by atoms with van der Waals surface area (Å²) < 4.78 is 33.8. The summed E-state index contributed by atoms with van der Waals surface area (Å²) in [6.45, 7) is 9.45. The number of alkyl halides is 3. The van der Waals surface area contributed by atoms with Gasteiger partial charge in [-0.25, -0.2) is 9.48 Å². The molecule has 3 aromatic rings. The molecule has 3 heterocycles.